The van der Waals surface area contributed by atoms with E-state index in [1.165, 1.54) is 0 Å². The fraction of sp³-hybridized carbons (Fsp3) is 0.778. The SMILES string of the molecule is CNC(=O)N1CCC(C)(C(=O)NC)C1. The van der Waals surface area contributed by atoms with Crippen LogP contribution in [0.4, 0.5) is 4.79 Å². The molecule has 0 bridgehead atoms. The third kappa shape index (κ3) is 1.81. The van der Waals surface area contributed by atoms with Crippen LogP contribution < -0.4 is 10.6 Å². The number of likely N-dealkylation sites (tertiary alicyclic amines) is 1. The number of amides is 3. The Hall–Kier alpha value is -1.26. The summed E-state index contributed by atoms with van der Waals surface area (Å²) in [7, 11) is 3.22. The van der Waals surface area contributed by atoms with Crippen LogP contribution in [-0.2, 0) is 4.79 Å². The molecule has 0 aromatic rings. The van der Waals surface area contributed by atoms with Crippen molar-refractivity contribution in [2.75, 3.05) is 27.2 Å². The Morgan fingerprint density at radius 2 is 1.93 bits per heavy atom. The zero-order valence-corrected chi connectivity index (χ0v) is 8.89. The molecule has 1 heterocycles. The van der Waals surface area contributed by atoms with Crippen LogP contribution >= 0.6 is 0 Å². The largest absolute Gasteiger partial charge is 0.359 e. The molecule has 1 fully saturated rings. The summed E-state index contributed by atoms with van der Waals surface area (Å²) in [5.41, 5.74) is -0.429. The maximum atomic E-state index is 11.5. The van der Waals surface area contributed by atoms with Gasteiger partial charge in [0.25, 0.3) is 0 Å². The first-order valence-electron chi connectivity index (χ1n) is 4.72. The second-order valence-corrected chi connectivity index (χ2v) is 3.87. The highest BCUT2D eigenvalue weighted by atomic mass is 16.2. The first-order chi connectivity index (χ1) is 6.53. The third-order valence-corrected chi connectivity index (χ3v) is 2.75. The molecule has 5 heteroatoms. The first-order valence-corrected chi connectivity index (χ1v) is 4.72. The van der Waals surface area contributed by atoms with Crippen LogP contribution in [0.25, 0.3) is 0 Å². The minimum Gasteiger partial charge on any atom is -0.359 e. The Labute approximate surface area is 83.8 Å². The summed E-state index contributed by atoms with van der Waals surface area (Å²) < 4.78 is 0. The number of carbonyl (C=O) groups excluding carboxylic acids is 2. The van der Waals surface area contributed by atoms with Gasteiger partial charge in [-0.3, -0.25) is 4.79 Å². The molecule has 5 nitrogen and oxygen atoms in total. The van der Waals surface area contributed by atoms with Crippen LogP contribution in [0, 0.1) is 5.41 Å². The van der Waals surface area contributed by atoms with Gasteiger partial charge in [0, 0.05) is 27.2 Å². The number of rotatable bonds is 1. The minimum atomic E-state index is -0.429. The highest BCUT2D eigenvalue weighted by molar-refractivity contribution is 5.84. The summed E-state index contributed by atoms with van der Waals surface area (Å²) in [6.07, 6.45) is 0.722. The van der Waals surface area contributed by atoms with Gasteiger partial charge in [-0.25, -0.2) is 4.79 Å². The summed E-state index contributed by atoms with van der Waals surface area (Å²) in [6, 6.07) is -0.113. The number of hydrogen-bond acceptors (Lipinski definition) is 2. The monoisotopic (exact) mass is 199 g/mol. The molecule has 0 aromatic heterocycles. The molecule has 14 heavy (non-hydrogen) atoms. The van der Waals surface area contributed by atoms with E-state index in [-0.39, 0.29) is 11.9 Å². The molecule has 80 valence electrons. The van der Waals surface area contributed by atoms with Crippen LogP contribution in [-0.4, -0.2) is 44.0 Å². The molecular formula is C9H17N3O2. The van der Waals surface area contributed by atoms with E-state index >= 15 is 0 Å². The lowest BCUT2D eigenvalue weighted by atomic mass is 9.89. The standard InChI is InChI=1S/C9H17N3O2/c1-9(7(13)10-2)4-5-12(6-9)8(14)11-3/h4-6H2,1-3H3,(H,10,13)(H,11,14). The maximum absolute atomic E-state index is 11.5. The highest BCUT2D eigenvalue weighted by Crippen LogP contribution is 2.29. The number of urea groups is 1. The second kappa shape index (κ2) is 3.86. The average Bonchev–Trinajstić information content (AvgIpc) is 2.60. The molecule has 3 amide bonds. The van der Waals surface area contributed by atoms with Crippen molar-refractivity contribution in [2.24, 2.45) is 5.41 Å². The Morgan fingerprint density at radius 3 is 2.43 bits per heavy atom. The van der Waals surface area contributed by atoms with Gasteiger partial charge in [0.05, 0.1) is 5.41 Å². The van der Waals surface area contributed by atoms with E-state index in [9.17, 15) is 9.59 Å². The minimum absolute atomic E-state index is 0.00361. The molecule has 1 atom stereocenters. The van der Waals surface area contributed by atoms with Crippen molar-refractivity contribution in [2.45, 2.75) is 13.3 Å². The van der Waals surface area contributed by atoms with Crippen molar-refractivity contribution in [3.05, 3.63) is 0 Å². The second-order valence-electron chi connectivity index (χ2n) is 3.87. The maximum Gasteiger partial charge on any atom is 0.317 e. The van der Waals surface area contributed by atoms with Crippen molar-refractivity contribution in [3.8, 4) is 0 Å². The van der Waals surface area contributed by atoms with Crippen LogP contribution in [0.15, 0.2) is 0 Å². The van der Waals surface area contributed by atoms with Gasteiger partial charge in [-0.05, 0) is 13.3 Å². The molecule has 0 aromatic carbocycles. The summed E-state index contributed by atoms with van der Waals surface area (Å²) >= 11 is 0. The van der Waals surface area contributed by atoms with Gasteiger partial charge in [0.1, 0.15) is 0 Å². The number of carbonyl (C=O) groups is 2. The summed E-state index contributed by atoms with van der Waals surface area (Å²) in [4.78, 5) is 24.5. The fourth-order valence-corrected chi connectivity index (χ4v) is 1.78. The lowest BCUT2D eigenvalue weighted by molar-refractivity contribution is -0.128. The summed E-state index contributed by atoms with van der Waals surface area (Å²) in [5.74, 6) is 0.00361. The Bertz CT molecular complexity index is 254. The Balaban J connectivity index is 2.64. The molecule has 1 aliphatic rings. The van der Waals surface area contributed by atoms with Crippen molar-refractivity contribution in [1.82, 2.24) is 15.5 Å². The van der Waals surface area contributed by atoms with Gasteiger partial charge in [0.15, 0.2) is 0 Å². The zero-order chi connectivity index (χ0) is 10.8. The van der Waals surface area contributed by atoms with Crippen molar-refractivity contribution < 1.29 is 9.59 Å². The van der Waals surface area contributed by atoms with E-state index in [0.29, 0.717) is 13.1 Å². The molecule has 1 rings (SSSR count). The Kier molecular flexibility index (Phi) is 2.98. The fourth-order valence-electron chi connectivity index (χ4n) is 1.78. The van der Waals surface area contributed by atoms with E-state index in [1.807, 2.05) is 6.92 Å². The number of hydrogen-bond donors (Lipinski definition) is 2. The lowest BCUT2D eigenvalue weighted by Crippen LogP contribution is -2.42. The molecule has 0 spiro atoms. The molecule has 1 unspecified atom stereocenters. The van der Waals surface area contributed by atoms with E-state index in [2.05, 4.69) is 10.6 Å². The van der Waals surface area contributed by atoms with E-state index in [1.54, 1.807) is 19.0 Å². The molecule has 1 aliphatic heterocycles. The number of nitrogens with one attached hydrogen (secondary N) is 2. The molecule has 1 saturated heterocycles. The molecule has 0 radical (unpaired) electrons. The van der Waals surface area contributed by atoms with Crippen molar-refractivity contribution in [3.63, 3.8) is 0 Å². The van der Waals surface area contributed by atoms with Crippen molar-refractivity contribution in [1.29, 1.82) is 0 Å². The van der Waals surface area contributed by atoms with Gasteiger partial charge >= 0.3 is 6.03 Å². The van der Waals surface area contributed by atoms with Gasteiger partial charge in [-0.15, -0.1) is 0 Å². The van der Waals surface area contributed by atoms with E-state index in [0.717, 1.165) is 6.42 Å². The zero-order valence-electron chi connectivity index (χ0n) is 8.89. The first kappa shape index (κ1) is 10.8. The average molecular weight is 199 g/mol. The quantitative estimate of drug-likeness (QED) is 0.613. The predicted molar refractivity (Wildman–Crippen MR) is 52.8 cm³/mol. The topological polar surface area (TPSA) is 61.4 Å². The van der Waals surface area contributed by atoms with Crippen molar-refractivity contribution >= 4 is 11.9 Å². The van der Waals surface area contributed by atoms with Crippen LogP contribution in [0.1, 0.15) is 13.3 Å². The summed E-state index contributed by atoms with van der Waals surface area (Å²) in [5, 5.41) is 5.18. The Morgan fingerprint density at radius 1 is 1.29 bits per heavy atom. The third-order valence-electron chi connectivity index (χ3n) is 2.75. The van der Waals surface area contributed by atoms with Crippen LogP contribution in [0.5, 0.6) is 0 Å². The summed E-state index contributed by atoms with van der Waals surface area (Å²) in [6.45, 7) is 3.02. The smallest absolute Gasteiger partial charge is 0.317 e. The molecule has 0 aliphatic carbocycles. The molecule has 2 N–H and O–H groups in total. The van der Waals surface area contributed by atoms with Gasteiger partial charge in [-0.1, -0.05) is 0 Å². The van der Waals surface area contributed by atoms with Gasteiger partial charge < -0.3 is 15.5 Å². The number of nitrogens with zero attached hydrogens (tertiary/aromatic N) is 1. The highest BCUT2D eigenvalue weighted by Gasteiger charge is 2.41. The van der Waals surface area contributed by atoms with Crippen LogP contribution in [0.2, 0.25) is 0 Å². The molecule has 0 saturated carbocycles. The van der Waals surface area contributed by atoms with Gasteiger partial charge in [0.2, 0.25) is 5.91 Å². The van der Waals surface area contributed by atoms with E-state index in [4.69, 9.17) is 0 Å². The predicted octanol–water partition coefficient (Wildman–Crippen LogP) is -0.216. The van der Waals surface area contributed by atoms with Gasteiger partial charge in [-0.2, -0.15) is 0 Å². The lowest BCUT2D eigenvalue weighted by Gasteiger charge is -2.22. The molecular weight excluding hydrogens is 182 g/mol. The van der Waals surface area contributed by atoms with Crippen LogP contribution in [0.3, 0.4) is 0 Å². The van der Waals surface area contributed by atoms with E-state index < -0.39 is 5.41 Å². The normalized spacial score (nSPS) is 26.1.